The Morgan fingerprint density at radius 3 is 2.38 bits per heavy atom. The van der Waals surface area contributed by atoms with Crippen molar-refractivity contribution < 1.29 is 19.5 Å². The Morgan fingerprint density at radius 2 is 1.86 bits per heavy atom. The van der Waals surface area contributed by atoms with Gasteiger partial charge in [0.15, 0.2) is 0 Å². The smallest absolute Gasteiger partial charge is 0.328 e. The van der Waals surface area contributed by atoms with E-state index in [4.69, 9.17) is 5.11 Å². The van der Waals surface area contributed by atoms with Gasteiger partial charge in [0.25, 0.3) is 5.91 Å². The van der Waals surface area contributed by atoms with E-state index in [1.165, 1.54) is 11.0 Å². The molecule has 6 heteroatoms. The van der Waals surface area contributed by atoms with Crippen LogP contribution in [0.5, 0.6) is 0 Å². The van der Waals surface area contributed by atoms with Crippen molar-refractivity contribution in [2.45, 2.75) is 6.42 Å². The topological polar surface area (TPSA) is 86.7 Å². The van der Waals surface area contributed by atoms with Gasteiger partial charge < -0.3 is 15.3 Å². The molecular formula is C15H18N2O4. The first-order valence-electron chi connectivity index (χ1n) is 6.41. The molecule has 1 aromatic carbocycles. The molecule has 2 amide bonds. The monoisotopic (exact) mass is 290 g/mol. The fraction of sp³-hybridized carbons (Fsp3) is 0.267. The molecule has 0 saturated carbocycles. The summed E-state index contributed by atoms with van der Waals surface area (Å²) in [5, 5.41) is 11.0. The fourth-order valence-electron chi connectivity index (χ4n) is 1.62. The van der Waals surface area contributed by atoms with Gasteiger partial charge >= 0.3 is 5.97 Å². The number of benzene rings is 1. The Balaban J connectivity index is 2.66. The highest BCUT2D eigenvalue weighted by Crippen LogP contribution is 2.08. The van der Waals surface area contributed by atoms with Crippen LogP contribution in [0.15, 0.2) is 30.3 Å². The molecule has 0 atom stereocenters. The van der Waals surface area contributed by atoms with Crippen LogP contribution in [0.4, 0.5) is 0 Å². The van der Waals surface area contributed by atoms with Crippen LogP contribution in [-0.2, 0) is 9.59 Å². The van der Waals surface area contributed by atoms with Crippen LogP contribution in [0.25, 0.3) is 6.08 Å². The van der Waals surface area contributed by atoms with Gasteiger partial charge in [-0.3, -0.25) is 9.59 Å². The van der Waals surface area contributed by atoms with Crippen LogP contribution < -0.4 is 5.32 Å². The summed E-state index contributed by atoms with van der Waals surface area (Å²) < 4.78 is 0. The van der Waals surface area contributed by atoms with E-state index in [-0.39, 0.29) is 18.2 Å². The summed E-state index contributed by atoms with van der Waals surface area (Å²) >= 11 is 0. The van der Waals surface area contributed by atoms with Gasteiger partial charge in [-0.25, -0.2) is 4.79 Å². The van der Waals surface area contributed by atoms with Gasteiger partial charge in [-0.05, 0) is 23.8 Å². The normalized spacial score (nSPS) is 10.4. The largest absolute Gasteiger partial charge is 0.478 e. The molecule has 1 aromatic rings. The standard InChI is InChI=1S/C15H18N2O4/c1-16-13(18)9-10-17(2)15(21)12-6-3-11(4-7-12)5-8-14(19)20/h3-8H,9-10H2,1-2H3,(H,16,18)(H,19,20)/b8-5+. The molecule has 0 spiro atoms. The summed E-state index contributed by atoms with van der Waals surface area (Å²) in [6.45, 7) is 0.333. The van der Waals surface area contributed by atoms with E-state index in [0.29, 0.717) is 17.7 Å². The molecule has 6 nitrogen and oxygen atoms in total. The number of carboxylic acids is 1. The molecule has 0 aliphatic rings. The average Bonchev–Trinajstić information content (AvgIpc) is 2.49. The van der Waals surface area contributed by atoms with E-state index in [1.54, 1.807) is 38.4 Å². The molecule has 112 valence electrons. The van der Waals surface area contributed by atoms with E-state index in [1.807, 2.05) is 0 Å². The molecule has 1 rings (SSSR count). The second-order valence-electron chi connectivity index (χ2n) is 4.44. The van der Waals surface area contributed by atoms with Crippen LogP contribution in [0, 0.1) is 0 Å². The molecule has 0 bridgehead atoms. The van der Waals surface area contributed by atoms with Gasteiger partial charge in [-0.1, -0.05) is 12.1 Å². The molecule has 0 aliphatic carbocycles. The van der Waals surface area contributed by atoms with E-state index >= 15 is 0 Å². The third-order valence-electron chi connectivity index (χ3n) is 2.88. The minimum Gasteiger partial charge on any atom is -0.478 e. The molecule has 0 unspecified atom stereocenters. The third-order valence-corrected chi connectivity index (χ3v) is 2.88. The van der Waals surface area contributed by atoms with Crippen LogP contribution in [0.3, 0.4) is 0 Å². The Bertz CT molecular complexity index is 549. The lowest BCUT2D eigenvalue weighted by Crippen LogP contribution is -2.31. The first-order valence-corrected chi connectivity index (χ1v) is 6.41. The summed E-state index contributed by atoms with van der Waals surface area (Å²) in [5.74, 6) is -1.33. The molecule has 0 aromatic heterocycles. The van der Waals surface area contributed by atoms with Crippen LogP contribution in [0.2, 0.25) is 0 Å². The van der Waals surface area contributed by atoms with Crippen molar-refractivity contribution in [3.63, 3.8) is 0 Å². The van der Waals surface area contributed by atoms with Crippen LogP contribution in [0.1, 0.15) is 22.3 Å². The molecular weight excluding hydrogens is 272 g/mol. The Hall–Kier alpha value is -2.63. The zero-order valence-electron chi connectivity index (χ0n) is 12.0. The van der Waals surface area contributed by atoms with Gasteiger partial charge in [0, 0.05) is 38.7 Å². The molecule has 0 radical (unpaired) electrons. The van der Waals surface area contributed by atoms with Crippen molar-refractivity contribution >= 4 is 23.9 Å². The number of amides is 2. The van der Waals surface area contributed by atoms with E-state index in [9.17, 15) is 14.4 Å². The number of nitrogens with zero attached hydrogens (tertiary/aromatic N) is 1. The van der Waals surface area contributed by atoms with E-state index in [2.05, 4.69) is 5.32 Å². The number of carbonyl (C=O) groups excluding carboxylic acids is 2. The fourth-order valence-corrected chi connectivity index (χ4v) is 1.62. The highest BCUT2D eigenvalue weighted by Gasteiger charge is 2.12. The Kier molecular flexibility index (Phi) is 6.13. The molecule has 0 heterocycles. The average molecular weight is 290 g/mol. The summed E-state index contributed by atoms with van der Waals surface area (Å²) in [4.78, 5) is 35.1. The summed E-state index contributed by atoms with van der Waals surface area (Å²) in [6, 6.07) is 6.58. The van der Waals surface area contributed by atoms with Crippen molar-refractivity contribution in [2.75, 3.05) is 20.6 Å². The van der Waals surface area contributed by atoms with Crippen molar-refractivity contribution in [3.05, 3.63) is 41.5 Å². The first kappa shape index (κ1) is 16.4. The number of rotatable bonds is 6. The van der Waals surface area contributed by atoms with Gasteiger partial charge in [0.2, 0.25) is 5.91 Å². The maximum absolute atomic E-state index is 12.1. The quantitative estimate of drug-likeness (QED) is 0.765. The van der Waals surface area contributed by atoms with Crippen molar-refractivity contribution in [3.8, 4) is 0 Å². The van der Waals surface area contributed by atoms with Gasteiger partial charge in [-0.15, -0.1) is 0 Å². The predicted octanol–water partition coefficient (Wildman–Crippen LogP) is 0.992. The maximum atomic E-state index is 12.1. The van der Waals surface area contributed by atoms with Crippen LogP contribution in [-0.4, -0.2) is 48.4 Å². The molecule has 0 aliphatic heterocycles. The van der Waals surface area contributed by atoms with Crippen molar-refractivity contribution in [1.29, 1.82) is 0 Å². The van der Waals surface area contributed by atoms with Gasteiger partial charge in [0.1, 0.15) is 0 Å². The molecule has 0 saturated heterocycles. The van der Waals surface area contributed by atoms with Gasteiger partial charge in [0.05, 0.1) is 0 Å². The van der Waals surface area contributed by atoms with E-state index < -0.39 is 5.97 Å². The second-order valence-corrected chi connectivity index (χ2v) is 4.44. The summed E-state index contributed by atoms with van der Waals surface area (Å²) in [6.07, 6.45) is 2.73. The minimum absolute atomic E-state index is 0.121. The summed E-state index contributed by atoms with van der Waals surface area (Å²) in [7, 11) is 3.18. The Morgan fingerprint density at radius 1 is 1.24 bits per heavy atom. The second kappa shape index (κ2) is 7.84. The zero-order valence-corrected chi connectivity index (χ0v) is 12.0. The number of hydrogen-bond donors (Lipinski definition) is 2. The first-order chi connectivity index (χ1) is 9.93. The zero-order chi connectivity index (χ0) is 15.8. The molecule has 21 heavy (non-hydrogen) atoms. The SMILES string of the molecule is CNC(=O)CCN(C)C(=O)c1ccc(/C=C/C(=O)O)cc1. The molecule has 2 N–H and O–H groups in total. The Labute approximate surface area is 123 Å². The van der Waals surface area contributed by atoms with Crippen LogP contribution >= 0.6 is 0 Å². The van der Waals surface area contributed by atoms with Crippen molar-refractivity contribution in [2.24, 2.45) is 0 Å². The number of carbonyl (C=O) groups is 3. The predicted molar refractivity (Wildman–Crippen MR) is 78.8 cm³/mol. The van der Waals surface area contributed by atoms with E-state index in [0.717, 1.165) is 6.08 Å². The number of nitrogens with one attached hydrogen (secondary N) is 1. The summed E-state index contributed by atoms with van der Waals surface area (Å²) in [5.41, 5.74) is 1.18. The highest BCUT2D eigenvalue weighted by atomic mass is 16.4. The van der Waals surface area contributed by atoms with Crippen molar-refractivity contribution in [1.82, 2.24) is 10.2 Å². The van der Waals surface area contributed by atoms with Gasteiger partial charge in [-0.2, -0.15) is 0 Å². The molecule has 0 fully saturated rings. The third kappa shape index (κ3) is 5.48. The lowest BCUT2D eigenvalue weighted by Gasteiger charge is -2.16. The lowest BCUT2D eigenvalue weighted by atomic mass is 10.1. The maximum Gasteiger partial charge on any atom is 0.328 e. The lowest BCUT2D eigenvalue weighted by molar-refractivity contribution is -0.131. The highest BCUT2D eigenvalue weighted by molar-refractivity contribution is 5.94. The number of aliphatic carboxylic acids is 1. The minimum atomic E-state index is -1.02. The number of hydrogen-bond acceptors (Lipinski definition) is 3. The number of carboxylic acid groups (broad SMARTS) is 1.